The molecule has 0 amide bonds. The van der Waals surface area contributed by atoms with Crippen molar-refractivity contribution in [1.29, 1.82) is 0 Å². The van der Waals surface area contributed by atoms with E-state index in [1.807, 2.05) is 0 Å². The van der Waals surface area contributed by atoms with Gasteiger partial charge in [0.05, 0.1) is 18.6 Å². The van der Waals surface area contributed by atoms with Gasteiger partial charge in [-0.1, -0.05) is 6.07 Å². The molecule has 0 bridgehead atoms. The standard InChI is InChI=1S/C10H14ClNO3S/c1-15-10-5-2-4-9(8-10)12-16(13,14)7-3-6-11/h2,4-5,8,12H,3,6-7H2,1H3. The maximum atomic E-state index is 11.5. The summed E-state index contributed by atoms with van der Waals surface area (Å²) in [7, 11) is -1.78. The lowest BCUT2D eigenvalue weighted by Crippen LogP contribution is -2.16. The van der Waals surface area contributed by atoms with Crippen LogP contribution in [-0.4, -0.2) is 27.2 Å². The van der Waals surface area contributed by atoms with Crippen molar-refractivity contribution in [2.75, 3.05) is 23.5 Å². The first-order valence-electron chi connectivity index (χ1n) is 4.78. The number of sulfonamides is 1. The zero-order valence-corrected chi connectivity index (χ0v) is 10.5. The molecule has 1 N–H and O–H groups in total. The topological polar surface area (TPSA) is 55.4 Å². The number of alkyl halides is 1. The zero-order chi connectivity index (χ0) is 12.0. The molecule has 1 aromatic carbocycles. The van der Waals surface area contributed by atoms with Crippen molar-refractivity contribution in [2.45, 2.75) is 6.42 Å². The molecule has 0 aliphatic heterocycles. The van der Waals surface area contributed by atoms with Gasteiger partial charge >= 0.3 is 0 Å². The predicted octanol–water partition coefficient (Wildman–Crippen LogP) is 2.07. The molecule has 0 saturated heterocycles. The van der Waals surface area contributed by atoms with Gasteiger partial charge < -0.3 is 4.74 Å². The molecule has 0 fully saturated rings. The molecule has 90 valence electrons. The Kier molecular flexibility index (Phi) is 4.89. The van der Waals surface area contributed by atoms with E-state index in [4.69, 9.17) is 16.3 Å². The maximum absolute atomic E-state index is 11.5. The Morgan fingerprint density at radius 3 is 2.81 bits per heavy atom. The lowest BCUT2D eigenvalue weighted by molar-refractivity contribution is 0.415. The van der Waals surface area contributed by atoms with Crippen LogP contribution in [0.25, 0.3) is 0 Å². The third-order valence-corrected chi connectivity index (χ3v) is 3.53. The Morgan fingerprint density at radius 2 is 2.19 bits per heavy atom. The van der Waals surface area contributed by atoms with Crippen molar-refractivity contribution < 1.29 is 13.2 Å². The second-order valence-corrected chi connectivity index (χ2v) is 5.42. The number of ether oxygens (including phenoxy) is 1. The first-order valence-corrected chi connectivity index (χ1v) is 6.96. The number of halogens is 1. The van der Waals surface area contributed by atoms with Gasteiger partial charge in [0.15, 0.2) is 0 Å². The van der Waals surface area contributed by atoms with Crippen LogP contribution in [0.3, 0.4) is 0 Å². The fourth-order valence-electron chi connectivity index (χ4n) is 1.16. The Labute approximate surface area is 101 Å². The van der Waals surface area contributed by atoms with E-state index in [2.05, 4.69) is 4.72 Å². The van der Waals surface area contributed by atoms with E-state index in [1.54, 1.807) is 24.3 Å². The highest BCUT2D eigenvalue weighted by Gasteiger charge is 2.09. The third kappa shape index (κ3) is 4.28. The smallest absolute Gasteiger partial charge is 0.232 e. The number of nitrogens with one attached hydrogen (secondary N) is 1. The number of rotatable bonds is 6. The molecule has 0 heterocycles. The van der Waals surface area contributed by atoms with E-state index in [0.29, 0.717) is 23.7 Å². The third-order valence-electron chi connectivity index (χ3n) is 1.89. The first kappa shape index (κ1) is 13.1. The summed E-state index contributed by atoms with van der Waals surface area (Å²) in [6.07, 6.45) is 0.431. The first-order chi connectivity index (χ1) is 7.57. The monoisotopic (exact) mass is 263 g/mol. The van der Waals surface area contributed by atoms with Crippen LogP contribution in [0.15, 0.2) is 24.3 Å². The molecule has 6 heteroatoms. The molecule has 16 heavy (non-hydrogen) atoms. The molecule has 0 spiro atoms. The largest absolute Gasteiger partial charge is 0.497 e. The molecule has 0 radical (unpaired) electrons. The molecule has 4 nitrogen and oxygen atoms in total. The number of benzene rings is 1. The summed E-state index contributed by atoms with van der Waals surface area (Å²) in [5, 5.41) is 0. The van der Waals surface area contributed by atoms with Crippen molar-refractivity contribution in [1.82, 2.24) is 0 Å². The Bertz CT molecular complexity index is 433. The van der Waals surface area contributed by atoms with Gasteiger partial charge in [0, 0.05) is 11.9 Å². The maximum Gasteiger partial charge on any atom is 0.232 e. The summed E-state index contributed by atoms with van der Waals surface area (Å²) in [6, 6.07) is 6.76. The van der Waals surface area contributed by atoms with Crippen LogP contribution in [0.1, 0.15) is 6.42 Å². The number of methoxy groups -OCH3 is 1. The van der Waals surface area contributed by atoms with Crippen LogP contribution in [0.5, 0.6) is 5.75 Å². The average Bonchev–Trinajstić information content (AvgIpc) is 2.26. The van der Waals surface area contributed by atoms with Crippen LogP contribution >= 0.6 is 11.6 Å². The SMILES string of the molecule is COc1cccc(NS(=O)(=O)CCCCl)c1. The highest BCUT2D eigenvalue weighted by Crippen LogP contribution is 2.17. The second kappa shape index (κ2) is 5.96. The molecular weight excluding hydrogens is 250 g/mol. The summed E-state index contributed by atoms with van der Waals surface area (Å²) in [6.45, 7) is 0. The molecule has 0 atom stereocenters. The average molecular weight is 264 g/mol. The minimum Gasteiger partial charge on any atom is -0.497 e. The van der Waals surface area contributed by atoms with Gasteiger partial charge in [-0.15, -0.1) is 11.6 Å². The minimum atomic E-state index is -3.31. The van der Waals surface area contributed by atoms with Gasteiger partial charge in [0.1, 0.15) is 5.75 Å². The summed E-state index contributed by atoms with van der Waals surface area (Å²) in [5.74, 6) is 0.963. The zero-order valence-electron chi connectivity index (χ0n) is 8.94. The van der Waals surface area contributed by atoms with E-state index in [0.717, 1.165) is 0 Å². The second-order valence-electron chi connectivity index (χ2n) is 3.20. The fourth-order valence-corrected chi connectivity index (χ4v) is 2.57. The van der Waals surface area contributed by atoms with Gasteiger partial charge in [-0.3, -0.25) is 4.72 Å². The van der Waals surface area contributed by atoms with Crippen molar-refractivity contribution in [3.8, 4) is 5.75 Å². The summed E-state index contributed by atoms with van der Waals surface area (Å²) in [5.41, 5.74) is 0.494. The van der Waals surface area contributed by atoms with Gasteiger partial charge in [0.2, 0.25) is 10.0 Å². The predicted molar refractivity (Wildman–Crippen MR) is 65.7 cm³/mol. The molecule has 0 aliphatic rings. The summed E-state index contributed by atoms with van der Waals surface area (Å²) < 4.78 is 30.6. The normalized spacial score (nSPS) is 11.1. The van der Waals surface area contributed by atoms with E-state index in [9.17, 15) is 8.42 Å². The molecule has 0 unspecified atom stereocenters. The minimum absolute atomic E-state index is 0.0215. The molecule has 0 saturated carbocycles. The van der Waals surface area contributed by atoms with Crippen LogP contribution in [0.4, 0.5) is 5.69 Å². The number of hydrogen-bond donors (Lipinski definition) is 1. The lowest BCUT2D eigenvalue weighted by Gasteiger charge is -2.08. The molecule has 1 rings (SSSR count). The Hall–Kier alpha value is -0.940. The van der Waals surface area contributed by atoms with Gasteiger partial charge in [-0.2, -0.15) is 0 Å². The number of hydrogen-bond acceptors (Lipinski definition) is 3. The quantitative estimate of drug-likeness (QED) is 0.800. The molecular formula is C10H14ClNO3S. The fraction of sp³-hybridized carbons (Fsp3) is 0.400. The van der Waals surface area contributed by atoms with E-state index < -0.39 is 10.0 Å². The number of anilines is 1. The highest BCUT2D eigenvalue weighted by atomic mass is 35.5. The molecule has 0 aromatic heterocycles. The Morgan fingerprint density at radius 1 is 1.44 bits per heavy atom. The van der Waals surface area contributed by atoms with Crippen LogP contribution in [0, 0.1) is 0 Å². The molecule has 0 aliphatic carbocycles. The van der Waals surface area contributed by atoms with Crippen LogP contribution in [-0.2, 0) is 10.0 Å². The van der Waals surface area contributed by atoms with Gasteiger partial charge in [0.25, 0.3) is 0 Å². The molecule has 1 aromatic rings. The summed E-state index contributed by atoms with van der Waals surface area (Å²) in [4.78, 5) is 0. The van der Waals surface area contributed by atoms with Crippen LogP contribution < -0.4 is 9.46 Å². The van der Waals surface area contributed by atoms with Gasteiger partial charge in [-0.05, 0) is 18.6 Å². The Balaban J connectivity index is 2.72. The van der Waals surface area contributed by atoms with E-state index >= 15 is 0 Å². The van der Waals surface area contributed by atoms with E-state index in [-0.39, 0.29) is 5.75 Å². The van der Waals surface area contributed by atoms with Crippen molar-refractivity contribution >= 4 is 27.3 Å². The van der Waals surface area contributed by atoms with Crippen LogP contribution in [0.2, 0.25) is 0 Å². The summed E-state index contributed by atoms with van der Waals surface area (Å²) >= 11 is 5.45. The lowest BCUT2D eigenvalue weighted by atomic mass is 10.3. The van der Waals surface area contributed by atoms with Crippen molar-refractivity contribution in [3.05, 3.63) is 24.3 Å². The van der Waals surface area contributed by atoms with Crippen molar-refractivity contribution in [3.63, 3.8) is 0 Å². The highest BCUT2D eigenvalue weighted by molar-refractivity contribution is 7.92. The van der Waals surface area contributed by atoms with Gasteiger partial charge in [-0.25, -0.2) is 8.42 Å². The van der Waals surface area contributed by atoms with Crippen molar-refractivity contribution in [2.24, 2.45) is 0 Å². The van der Waals surface area contributed by atoms with E-state index in [1.165, 1.54) is 7.11 Å².